The zero-order valence-electron chi connectivity index (χ0n) is 14.5. The van der Waals surface area contributed by atoms with Crippen molar-refractivity contribution in [2.24, 2.45) is 4.99 Å². The third kappa shape index (κ3) is 4.78. The van der Waals surface area contributed by atoms with Crippen LogP contribution >= 0.6 is 15.9 Å². The summed E-state index contributed by atoms with van der Waals surface area (Å²) >= 11 is 3.09. The van der Waals surface area contributed by atoms with Gasteiger partial charge in [0.15, 0.2) is 11.5 Å². The van der Waals surface area contributed by atoms with Gasteiger partial charge in [-0.1, -0.05) is 24.3 Å². The number of aliphatic imine (C=N–C) groups is 1. The van der Waals surface area contributed by atoms with Crippen LogP contribution in [0.2, 0.25) is 0 Å². The molecule has 0 saturated carbocycles. The second-order valence-corrected chi connectivity index (χ2v) is 6.55. The van der Waals surface area contributed by atoms with E-state index in [4.69, 9.17) is 10.0 Å². The van der Waals surface area contributed by atoms with E-state index in [9.17, 15) is 9.60 Å². The first-order valence-electron chi connectivity index (χ1n) is 8.21. The monoisotopic (exact) mass is 446 g/mol. The number of halogens is 2. The number of anilines is 1. The van der Waals surface area contributed by atoms with Crippen molar-refractivity contribution in [1.82, 2.24) is 15.8 Å². The molecule has 0 bridgehead atoms. The van der Waals surface area contributed by atoms with Crippen molar-refractivity contribution in [2.75, 3.05) is 11.9 Å². The Kier molecular flexibility index (Phi) is 6.45. The van der Waals surface area contributed by atoms with E-state index in [-0.39, 0.29) is 16.0 Å². The van der Waals surface area contributed by atoms with Crippen molar-refractivity contribution in [1.29, 1.82) is 5.41 Å². The van der Waals surface area contributed by atoms with Crippen LogP contribution in [-0.4, -0.2) is 34.1 Å². The van der Waals surface area contributed by atoms with Crippen LogP contribution in [0.25, 0.3) is 0 Å². The van der Waals surface area contributed by atoms with Crippen LogP contribution < -0.4 is 10.8 Å². The van der Waals surface area contributed by atoms with Gasteiger partial charge in [0.1, 0.15) is 5.82 Å². The molecule has 3 rings (SSSR count). The molecule has 1 aromatic heterocycles. The predicted molar refractivity (Wildman–Crippen MR) is 106 cm³/mol. The fourth-order valence-corrected chi connectivity index (χ4v) is 2.75. The molecule has 28 heavy (non-hydrogen) atoms. The van der Waals surface area contributed by atoms with Gasteiger partial charge in [0.2, 0.25) is 5.82 Å². The Morgan fingerprint density at radius 2 is 2.04 bits per heavy atom. The highest BCUT2D eigenvalue weighted by Gasteiger charge is 2.16. The number of rotatable bonds is 7. The Bertz CT molecular complexity index is 990. The number of hydrogen-bond acceptors (Lipinski definition) is 7. The number of amidine groups is 1. The van der Waals surface area contributed by atoms with E-state index in [1.165, 1.54) is 24.4 Å². The molecule has 144 valence electrons. The molecule has 0 amide bonds. The van der Waals surface area contributed by atoms with Crippen LogP contribution in [0.15, 0.2) is 56.6 Å². The first-order chi connectivity index (χ1) is 13.6. The SMILES string of the molecule is N=Cc1ccc(CCNc2nonc2C(=Nc2ccc(F)c(Br)c2)NO)cc1. The lowest BCUT2D eigenvalue weighted by molar-refractivity contribution is 0.234. The number of aromatic nitrogens is 2. The maximum absolute atomic E-state index is 13.4. The van der Waals surface area contributed by atoms with Crippen LogP contribution in [0.3, 0.4) is 0 Å². The van der Waals surface area contributed by atoms with E-state index >= 15 is 0 Å². The highest BCUT2D eigenvalue weighted by molar-refractivity contribution is 9.10. The second kappa shape index (κ2) is 9.20. The topological polar surface area (TPSA) is 119 Å². The summed E-state index contributed by atoms with van der Waals surface area (Å²) < 4.78 is 18.4. The number of nitrogens with zero attached hydrogens (tertiary/aromatic N) is 3. The Balaban J connectivity index is 1.70. The quantitative estimate of drug-likeness (QED) is 0.249. The van der Waals surface area contributed by atoms with Gasteiger partial charge >= 0.3 is 0 Å². The summed E-state index contributed by atoms with van der Waals surface area (Å²) in [5.41, 5.74) is 4.46. The van der Waals surface area contributed by atoms with Gasteiger partial charge in [-0.2, -0.15) is 0 Å². The van der Waals surface area contributed by atoms with Gasteiger partial charge in [-0.05, 0) is 62.0 Å². The van der Waals surface area contributed by atoms with Gasteiger partial charge in [0, 0.05) is 12.8 Å². The molecule has 2 aromatic carbocycles. The molecule has 0 atom stereocenters. The molecule has 4 N–H and O–H groups in total. The zero-order chi connectivity index (χ0) is 19.9. The average Bonchev–Trinajstić information content (AvgIpc) is 3.17. The van der Waals surface area contributed by atoms with Crippen molar-refractivity contribution in [3.63, 3.8) is 0 Å². The highest BCUT2D eigenvalue weighted by Crippen LogP contribution is 2.23. The van der Waals surface area contributed by atoms with Crippen LogP contribution in [0, 0.1) is 11.2 Å². The molecule has 0 aliphatic rings. The number of nitrogens with one attached hydrogen (secondary N) is 3. The maximum Gasteiger partial charge on any atom is 0.202 e. The summed E-state index contributed by atoms with van der Waals surface area (Å²) in [6.07, 6.45) is 1.99. The maximum atomic E-state index is 13.4. The summed E-state index contributed by atoms with van der Waals surface area (Å²) in [5, 5.41) is 27.3. The van der Waals surface area contributed by atoms with Gasteiger partial charge < -0.3 is 10.7 Å². The second-order valence-electron chi connectivity index (χ2n) is 5.69. The summed E-state index contributed by atoms with van der Waals surface area (Å²) in [4.78, 5) is 4.20. The largest absolute Gasteiger partial charge is 0.365 e. The molecule has 0 spiro atoms. The molecule has 8 nitrogen and oxygen atoms in total. The first-order valence-corrected chi connectivity index (χ1v) is 9.00. The van der Waals surface area contributed by atoms with Gasteiger partial charge in [-0.15, -0.1) is 0 Å². The normalized spacial score (nSPS) is 11.3. The molecule has 3 aromatic rings. The lowest BCUT2D eigenvalue weighted by atomic mass is 10.1. The molecule has 0 aliphatic carbocycles. The van der Waals surface area contributed by atoms with Crippen molar-refractivity contribution in [2.45, 2.75) is 6.42 Å². The molecule has 0 fully saturated rings. The van der Waals surface area contributed by atoms with Crippen molar-refractivity contribution in [3.8, 4) is 0 Å². The minimum absolute atomic E-state index is 0.00223. The predicted octanol–water partition coefficient (Wildman–Crippen LogP) is 3.68. The molecule has 0 aliphatic heterocycles. The molecule has 0 radical (unpaired) electrons. The Labute approximate surface area is 168 Å². The average molecular weight is 447 g/mol. The van der Waals surface area contributed by atoms with Crippen molar-refractivity contribution >= 4 is 39.5 Å². The Hall–Kier alpha value is -3.11. The molecular formula is C18H16BrFN6O2. The van der Waals surface area contributed by atoms with E-state index < -0.39 is 5.82 Å². The smallest absolute Gasteiger partial charge is 0.202 e. The summed E-state index contributed by atoms with van der Waals surface area (Å²) in [5.74, 6) is -0.119. The van der Waals surface area contributed by atoms with Crippen LogP contribution in [-0.2, 0) is 6.42 Å². The Morgan fingerprint density at radius 1 is 1.25 bits per heavy atom. The number of hydrogen-bond donors (Lipinski definition) is 4. The Morgan fingerprint density at radius 3 is 2.71 bits per heavy atom. The van der Waals surface area contributed by atoms with Gasteiger partial charge in [0.25, 0.3) is 0 Å². The third-order valence-electron chi connectivity index (χ3n) is 3.82. The zero-order valence-corrected chi connectivity index (χ0v) is 16.1. The number of hydroxylamine groups is 1. The van der Waals surface area contributed by atoms with E-state index in [2.05, 4.69) is 36.6 Å². The third-order valence-corrected chi connectivity index (χ3v) is 4.42. The summed E-state index contributed by atoms with van der Waals surface area (Å²) in [7, 11) is 0. The minimum Gasteiger partial charge on any atom is -0.365 e. The van der Waals surface area contributed by atoms with Gasteiger partial charge in [-0.3, -0.25) is 10.7 Å². The summed E-state index contributed by atoms with van der Waals surface area (Å²) in [6, 6.07) is 11.8. The van der Waals surface area contributed by atoms with Crippen LogP contribution in [0.5, 0.6) is 0 Å². The molecule has 10 heteroatoms. The van der Waals surface area contributed by atoms with Gasteiger partial charge in [-0.25, -0.2) is 14.0 Å². The molecule has 0 saturated heterocycles. The molecule has 0 unspecified atom stereocenters. The van der Waals surface area contributed by atoms with E-state index in [1.807, 2.05) is 29.7 Å². The fourth-order valence-electron chi connectivity index (χ4n) is 2.38. The van der Waals surface area contributed by atoms with Crippen molar-refractivity contribution < 1.29 is 14.2 Å². The first kappa shape index (κ1) is 19.6. The van der Waals surface area contributed by atoms with Gasteiger partial charge in [0.05, 0.1) is 10.2 Å². The lowest BCUT2D eigenvalue weighted by Gasteiger charge is -2.06. The fraction of sp³-hybridized carbons (Fsp3) is 0.111. The van der Waals surface area contributed by atoms with E-state index in [1.54, 1.807) is 0 Å². The standard InChI is InChI=1S/C18H16BrFN6O2/c19-14-9-13(5-6-15(14)20)23-18(24-27)16-17(26-28-25-16)22-8-7-11-1-3-12(10-21)4-2-11/h1-6,9-10,21,27H,7-8H2,(H,22,26)(H,23,24). The lowest BCUT2D eigenvalue weighted by Crippen LogP contribution is -2.22. The highest BCUT2D eigenvalue weighted by atomic mass is 79.9. The minimum atomic E-state index is -0.420. The van der Waals surface area contributed by atoms with E-state index in [0.717, 1.165) is 11.1 Å². The van der Waals surface area contributed by atoms with Crippen molar-refractivity contribution in [3.05, 3.63) is 69.6 Å². The van der Waals surface area contributed by atoms with Crippen LogP contribution in [0.1, 0.15) is 16.8 Å². The molecule has 1 heterocycles. The molecular weight excluding hydrogens is 431 g/mol. The summed E-state index contributed by atoms with van der Waals surface area (Å²) in [6.45, 7) is 0.534. The number of benzene rings is 2. The van der Waals surface area contributed by atoms with Crippen LogP contribution in [0.4, 0.5) is 15.9 Å². The van der Waals surface area contributed by atoms with E-state index in [0.29, 0.717) is 24.5 Å².